The molecule has 0 saturated carbocycles. The van der Waals surface area contributed by atoms with E-state index in [1.54, 1.807) is 0 Å². The first-order valence-corrected chi connectivity index (χ1v) is 16.4. The van der Waals surface area contributed by atoms with E-state index in [0.717, 1.165) is 38.0 Å². The number of hydroxylamine groups is 2. The van der Waals surface area contributed by atoms with Crippen molar-refractivity contribution < 1.29 is 28.9 Å². The predicted octanol–water partition coefficient (Wildman–Crippen LogP) is 8.20. The first-order chi connectivity index (χ1) is 23.4. The Kier molecular flexibility index (Phi) is 10.4. The lowest BCUT2D eigenvalue weighted by atomic mass is 9.93. The topological polar surface area (TPSA) is 107 Å². The van der Waals surface area contributed by atoms with Crippen LogP contribution in [0.4, 0.5) is 0 Å². The van der Waals surface area contributed by atoms with Gasteiger partial charge in [0.2, 0.25) is 0 Å². The van der Waals surface area contributed by atoms with E-state index in [4.69, 9.17) is 9.68 Å². The van der Waals surface area contributed by atoms with Crippen LogP contribution in [0.5, 0.6) is 0 Å². The lowest BCUT2D eigenvalue weighted by Crippen LogP contribution is -2.36. The summed E-state index contributed by atoms with van der Waals surface area (Å²) < 4.78 is 2.18. The zero-order valence-corrected chi connectivity index (χ0v) is 28.9. The molecule has 1 atom stereocenters. The molecule has 1 heterocycles. The third-order valence-corrected chi connectivity index (χ3v) is 8.65. The van der Waals surface area contributed by atoms with Gasteiger partial charge >= 0.3 is 11.9 Å². The number of hydrogen-bond donors (Lipinski definition) is 0. The third kappa shape index (κ3) is 7.46. The molecule has 1 amide bonds. The maximum Gasteiger partial charge on any atom is 0.331 e. The highest BCUT2D eigenvalue weighted by atomic mass is 16.7. The van der Waals surface area contributed by atoms with Gasteiger partial charge in [0.1, 0.15) is 6.04 Å². The van der Waals surface area contributed by atoms with Gasteiger partial charge in [0.05, 0.1) is 5.71 Å². The first-order valence-electron chi connectivity index (χ1n) is 16.4. The maximum atomic E-state index is 13.6. The molecule has 9 nitrogen and oxygen atoms in total. The molecule has 1 unspecified atom stereocenters. The Bertz CT molecular complexity index is 2090. The fourth-order valence-electron chi connectivity index (χ4n) is 6.18. The van der Waals surface area contributed by atoms with Gasteiger partial charge in [-0.2, -0.15) is 5.06 Å². The molecule has 0 aliphatic heterocycles. The quantitative estimate of drug-likeness (QED) is 0.0648. The van der Waals surface area contributed by atoms with Crippen molar-refractivity contribution in [2.45, 2.75) is 73.4 Å². The lowest BCUT2D eigenvalue weighted by molar-refractivity contribution is -0.204. The van der Waals surface area contributed by atoms with Crippen molar-refractivity contribution in [3.8, 4) is 0 Å². The fraction of sp³-hybridized carbons (Fsp3) is 0.275. The number of aromatic nitrogens is 1. The average Bonchev–Trinajstić information content (AvgIpc) is 3.39. The number of rotatable bonds is 10. The molecular formula is C40H41N3O6. The van der Waals surface area contributed by atoms with Crippen molar-refractivity contribution in [3.05, 3.63) is 118 Å². The van der Waals surface area contributed by atoms with Crippen molar-refractivity contribution in [3.63, 3.8) is 0 Å². The number of carbonyl (C=O) groups is 4. The second-order valence-corrected chi connectivity index (χ2v) is 12.4. The Morgan fingerprint density at radius 3 is 1.92 bits per heavy atom. The zero-order chi connectivity index (χ0) is 35.4. The van der Waals surface area contributed by atoms with E-state index in [9.17, 15) is 19.2 Å². The number of benzene rings is 4. The van der Waals surface area contributed by atoms with E-state index < -0.39 is 23.9 Å². The molecule has 4 aromatic carbocycles. The Labute approximate surface area is 286 Å². The Morgan fingerprint density at radius 1 is 0.776 bits per heavy atom. The Balaban J connectivity index is 1.66. The highest BCUT2D eigenvalue weighted by Crippen LogP contribution is 2.34. The summed E-state index contributed by atoms with van der Waals surface area (Å²) in [6.45, 7) is 12.7. The summed E-state index contributed by atoms with van der Waals surface area (Å²) in [4.78, 5) is 61.3. The maximum absolute atomic E-state index is 13.6. The molecule has 0 spiro atoms. The number of hydrogen-bond acceptors (Lipinski definition) is 7. The average molecular weight is 660 g/mol. The van der Waals surface area contributed by atoms with Crippen molar-refractivity contribution in [2.75, 3.05) is 0 Å². The van der Waals surface area contributed by atoms with E-state index in [1.165, 1.54) is 20.8 Å². The third-order valence-electron chi connectivity index (χ3n) is 8.65. The molecule has 5 aromatic rings. The largest absolute Gasteiger partial charge is 0.341 e. The smallest absolute Gasteiger partial charge is 0.331 e. The minimum Gasteiger partial charge on any atom is -0.341 e. The monoisotopic (exact) mass is 659 g/mol. The summed E-state index contributed by atoms with van der Waals surface area (Å²) in [5.74, 6) is -1.52. The number of ketones is 1. The number of nitrogens with zero attached hydrogens (tertiary/aromatic N) is 3. The molecule has 252 valence electrons. The van der Waals surface area contributed by atoms with Crippen LogP contribution in [0.15, 0.2) is 90.1 Å². The van der Waals surface area contributed by atoms with E-state index in [0.29, 0.717) is 34.5 Å². The van der Waals surface area contributed by atoms with Gasteiger partial charge in [0.25, 0.3) is 5.91 Å². The second-order valence-electron chi connectivity index (χ2n) is 12.4. The molecule has 49 heavy (non-hydrogen) atoms. The van der Waals surface area contributed by atoms with Gasteiger partial charge in [-0.15, -0.1) is 0 Å². The van der Waals surface area contributed by atoms with E-state index in [1.807, 2.05) is 91.9 Å². The molecule has 5 rings (SSSR count). The van der Waals surface area contributed by atoms with Gasteiger partial charge in [0, 0.05) is 72.2 Å². The molecule has 0 fully saturated rings. The van der Waals surface area contributed by atoms with Crippen LogP contribution in [0, 0.1) is 6.92 Å². The molecule has 1 aromatic heterocycles. The summed E-state index contributed by atoms with van der Waals surface area (Å²) in [5, 5.41) is 7.07. The molecule has 0 aliphatic carbocycles. The van der Waals surface area contributed by atoms with Gasteiger partial charge in [-0.1, -0.05) is 73.6 Å². The predicted molar refractivity (Wildman–Crippen MR) is 190 cm³/mol. The minimum absolute atomic E-state index is 0.0517. The number of aryl methyl sites for hydroxylation is 2. The van der Waals surface area contributed by atoms with E-state index in [2.05, 4.69) is 30.5 Å². The fourth-order valence-corrected chi connectivity index (χ4v) is 6.18. The SMILES string of the molecule is CCn1c2ccc(C(=O)c3ccccc3C)cc2c2cc(C(CC(c3ccc(C(C)C)cc3)N(OC(C)=O)C(C)=O)=NOC(C)=O)ccc21. The molecule has 0 N–H and O–H groups in total. The van der Waals surface area contributed by atoms with E-state index >= 15 is 0 Å². The summed E-state index contributed by atoms with van der Waals surface area (Å²) >= 11 is 0. The Morgan fingerprint density at radius 2 is 1.37 bits per heavy atom. The van der Waals surface area contributed by atoms with Crippen LogP contribution < -0.4 is 0 Å². The normalized spacial score (nSPS) is 12.3. The molecular weight excluding hydrogens is 618 g/mol. The van der Waals surface area contributed by atoms with Gasteiger partial charge in [-0.05, 0) is 66.8 Å². The highest BCUT2D eigenvalue weighted by Gasteiger charge is 2.29. The van der Waals surface area contributed by atoms with Crippen LogP contribution >= 0.6 is 0 Å². The van der Waals surface area contributed by atoms with Gasteiger partial charge in [-0.25, -0.2) is 4.79 Å². The molecule has 9 heteroatoms. The van der Waals surface area contributed by atoms with Crippen LogP contribution in [-0.2, 0) is 30.6 Å². The molecule has 0 aliphatic rings. The van der Waals surface area contributed by atoms with Crippen molar-refractivity contribution >= 4 is 51.1 Å². The van der Waals surface area contributed by atoms with Crippen LogP contribution in [0.2, 0.25) is 0 Å². The molecule has 0 radical (unpaired) electrons. The van der Waals surface area contributed by atoms with Crippen molar-refractivity contribution in [1.82, 2.24) is 9.63 Å². The lowest BCUT2D eigenvalue weighted by Gasteiger charge is -2.29. The molecule has 0 bridgehead atoms. The standard InChI is InChI=1S/C40H41N3O6/c1-8-42-37-19-17-31(21-34(37)35-22-32(18-20-38(35)42)40(47)33-12-10-9-11-25(33)4)36(41-48-27(6)45)23-39(43(26(5)44)49-28(7)46)30-15-13-29(14-16-30)24(2)3/h9-22,24,39H,8,23H2,1-7H3. The van der Waals surface area contributed by atoms with Crippen molar-refractivity contribution in [2.24, 2.45) is 5.16 Å². The summed E-state index contributed by atoms with van der Waals surface area (Å²) in [7, 11) is 0. The van der Waals surface area contributed by atoms with Gasteiger partial charge < -0.3 is 14.2 Å². The summed E-state index contributed by atoms with van der Waals surface area (Å²) in [6.07, 6.45) is 0.0517. The number of oxime groups is 1. The second kappa shape index (κ2) is 14.7. The van der Waals surface area contributed by atoms with Crippen molar-refractivity contribution in [1.29, 1.82) is 0 Å². The zero-order valence-electron chi connectivity index (χ0n) is 28.9. The highest BCUT2D eigenvalue weighted by molar-refractivity contribution is 6.16. The molecule has 0 saturated heterocycles. The minimum atomic E-state index is -0.789. The van der Waals surface area contributed by atoms with Crippen LogP contribution in [0.1, 0.15) is 98.1 Å². The van der Waals surface area contributed by atoms with E-state index in [-0.39, 0.29) is 18.1 Å². The van der Waals surface area contributed by atoms with Gasteiger partial charge in [-0.3, -0.25) is 14.4 Å². The summed E-state index contributed by atoms with van der Waals surface area (Å²) in [5.41, 5.74) is 6.85. The van der Waals surface area contributed by atoms with Crippen LogP contribution in [0.25, 0.3) is 21.8 Å². The number of carbonyl (C=O) groups excluding carboxylic acids is 4. The number of amides is 1. The van der Waals surface area contributed by atoms with Gasteiger partial charge in [0.15, 0.2) is 5.78 Å². The summed E-state index contributed by atoms with van der Waals surface area (Å²) in [6, 6.07) is 26.0. The van der Waals surface area contributed by atoms with Crippen LogP contribution in [0.3, 0.4) is 0 Å². The van der Waals surface area contributed by atoms with Crippen LogP contribution in [-0.4, -0.2) is 39.0 Å². The Hall–Kier alpha value is -5.57. The first kappa shape index (κ1) is 34.8. The number of fused-ring (bicyclic) bond motifs is 3.